The summed E-state index contributed by atoms with van der Waals surface area (Å²) in [5, 5.41) is 2.90. The molecule has 1 aromatic heterocycles. The van der Waals surface area contributed by atoms with Crippen LogP contribution in [0.2, 0.25) is 0 Å². The fraction of sp³-hybridized carbons (Fsp3) is 0.238. The van der Waals surface area contributed by atoms with Crippen molar-refractivity contribution >= 4 is 11.6 Å². The van der Waals surface area contributed by atoms with Gasteiger partial charge in [-0.05, 0) is 61.4 Å². The molecule has 6 heteroatoms. The minimum atomic E-state index is -0.162. The van der Waals surface area contributed by atoms with Gasteiger partial charge in [0, 0.05) is 30.7 Å². The minimum absolute atomic E-state index is 0.162. The lowest BCUT2D eigenvalue weighted by Gasteiger charge is -2.12. The number of methoxy groups -OCH3 is 1. The molecule has 2 aromatic carbocycles. The average Bonchev–Trinajstić information content (AvgIpc) is 3.06. The van der Waals surface area contributed by atoms with Gasteiger partial charge in [-0.1, -0.05) is 0 Å². The van der Waals surface area contributed by atoms with Crippen molar-refractivity contribution in [2.45, 2.75) is 20.5 Å². The van der Waals surface area contributed by atoms with Crippen LogP contribution in [0.4, 0.5) is 5.69 Å². The predicted molar refractivity (Wildman–Crippen MR) is 104 cm³/mol. The van der Waals surface area contributed by atoms with Crippen LogP contribution in [0.25, 0.3) is 0 Å². The summed E-state index contributed by atoms with van der Waals surface area (Å²) >= 11 is 0. The molecule has 0 atom stereocenters. The van der Waals surface area contributed by atoms with Crippen molar-refractivity contribution in [3.05, 3.63) is 71.3 Å². The molecule has 0 saturated carbocycles. The Morgan fingerprint density at radius 2 is 1.81 bits per heavy atom. The van der Waals surface area contributed by atoms with E-state index in [4.69, 9.17) is 9.47 Å². The molecule has 0 saturated heterocycles. The van der Waals surface area contributed by atoms with Gasteiger partial charge in [-0.2, -0.15) is 0 Å². The maximum atomic E-state index is 12.5. The number of hydrogen-bond acceptors (Lipinski definition) is 4. The summed E-state index contributed by atoms with van der Waals surface area (Å²) in [5.74, 6) is 2.20. The SMILES string of the molecule is COc1c(C)cc(C(=O)Nc2ccc(OCc3nccn3C)cc2)cc1C. The summed E-state index contributed by atoms with van der Waals surface area (Å²) in [5.41, 5.74) is 3.16. The number of nitrogens with one attached hydrogen (secondary N) is 1. The van der Waals surface area contributed by atoms with Gasteiger partial charge >= 0.3 is 0 Å². The predicted octanol–water partition coefficient (Wildman–Crippen LogP) is 3.88. The van der Waals surface area contributed by atoms with Crippen LogP contribution in [-0.4, -0.2) is 22.6 Å². The monoisotopic (exact) mass is 365 g/mol. The van der Waals surface area contributed by atoms with Crippen LogP contribution in [0.15, 0.2) is 48.8 Å². The molecule has 140 valence electrons. The zero-order valence-electron chi connectivity index (χ0n) is 15.9. The highest BCUT2D eigenvalue weighted by Gasteiger charge is 2.11. The zero-order chi connectivity index (χ0) is 19.4. The maximum Gasteiger partial charge on any atom is 0.255 e. The Morgan fingerprint density at radius 3 is 2.37 bits per heavy atom. The molecule has 27 heavy (non-hydrogen) atoms. The first-order valence-corrected chi connectivity index (χ1v) is 8.63. The van der Waals surface area contributed by atoms with Crippen molar-refractivity contribution in [1.82, 2.24) is 9.55 Å². The molecular formula is C21H23N3O3. The number of aryl methyl sites for hydroxylation is 3. The number of carbonyl (C=O) groups excluding carboxylic acids is 1. The maximum absolute atomic E-state index is 12.5. The van der Waals surface area contributed by atoms with E-state index in [-0.39, 0.29) is 5.91 Å². The average molecular weight is 365 g/mol. The first-order chi connectivity index (χ1) is 13.0. The normalized spacial score (nSPS) is 10.5. The molecular weight excluding hydrogens is 342 g/mol. The fourth-order valence-corrected chi connectivity index (χ4v) is 2.92. The third-order valence-electron chi connectivity index (χ3n) is 4.33. The van der Waals surface area contributed by atoms with E-state index >= 15 is 0 Å². The molecule has 0 aliphatic rings. The van der Waals surface area contributed by atoms with Crippen molar-refractivity contribution in [2.75, 3.05) is 12.4 Å². The van der Waals surface area contributed by atoms with Crippen LogP contribution in [0.3, 0.4) is 0 Å². The van der Waals surface area contributed by atoms with Crippen molar-refractivity contribution < 1.29 is 14.3 Å². The van der Waals surface area contributed by atoms with Gasteiger partial charge in [0.05, 0.1) is 7.11 Å². The van der Waals surface area contributed by atoms with Crippen LogP contribution in [-0.2, 0) is 13.7 Å². The lowest BCUT2D eigenvalue weighted by Crippen LogP contribution is -2.12. The standard InChI is InChI=1S/C21H23N3O3/c1-14-11-16(12-15(2)20(14)26-4)21(25)23-17-5-7-18(8-6-17)27-13-19-22-9-10-24(19)3/h5-12H,13H2,1-4H3,(H,23,25). The Labute approximate surface area is 158 Å². The summed E-state index contributed by atoms with van der Waals surface area (Å²) in [6.07, 6.45) is 3.61. The van der Waals surface area contributed by atoms with E-state index in [9.17, 15) is 4.79 Å². The Hall–Kier alpha value is -3.28. The third kappa shape index (κ3) is 4.28. The first kappa shape index (κ1) is 18.5. The lowest BCUT2D eigenvalue weighted by molar-refractivity contribution is 0.102. The number of aromatic nitrogens is 2. The summed E-state index contributed by atoms with van der Waals surface area (Å²) in [6, 6.07) is 10.9. The van der Waals surface area contributed by atoms with E-state index in [2.05, 4.69) is 10.3 Å². The van der Waals surface area contributed by atoms with Crippen molar-refractivity contribution in [2.24, 2.45) is 7.05 Å². The van der Waals surface area contributed by atoms with Gasteiger partial charge in [-0.25, -0.2) is 4.98 Å². The first-order valence-electron chi connectivity index (χ1n) is 8.63. The van der Waals surface area contributed by atoms with Crippen LogP contribution < -0.4 is 14.8 Å². The third-order valence-corrected chi connectivity index (χ3v) is 4.33. The molecule has 0 radical (unpaired) electrons. The highest BCUT2D eigenvalue weighted by Crippen LogP contribution is 2.25. The summed E-state index contributed by atoms with van der Waals surface area (Å²) in [4.78, 5) is 16.7. The molecule has 0 aliphatic carbocycles. The van der Waals surface area contributed by atoms with Crippen LogP contribution in [0, 0.1) is 13.8 Å². The highest BCUT2D eigenvalue weighted by atomic mass is 16.5. The second-order valence-corrected chi connectivity index (χ2v) is 6.36. The number of amides is 1. The second kappa shape index (κ2) is 7.95. The van der Waals surface area contributed by atoms with E-state index in [1.165, 1.54) is 0 Å². The molecule has 0 spiro atoms. The molecule has 1 amide bonds. The quantitative estimate of drug-likeness (QED) is 0.720. The molecule has 3 rings (SSSR count). The number of carbonyl (C=O) groups is 1. The summed E-state index contributed by atoms with van der Waals surface area (Å²) in [6.45, 7) is 4.24. The molecule has 3 aromatic rings. The van der Waals surface area contributed by atoms with E-state index < -0.39 is 0 Å². The molecule has 0 fully saturated rings. The van der Waals surface area contributed by atoms with Crippen molar-refractivity contribution in [3.8, 4) is 11.5 Å². The van der Waals surface area contributed by atoms with Crippen molar-refractivity contribution in [3.63, 3.8) is 0 Å². The molecule has 1 heterocycles. The van der Waals surface area contributed by atoms with E-state index in [1.807, 2.05) is 68.1 Å². The van der Waals surface area contributed by atoms with Gasteiger partial charge in [0.25, 0.3) is 5.91 Å². The molecule has 0 aliphatic heterocycles. The molecule has 6 nitrogen and oxygen atoms in total. The number of benzene rings is 2. The number of imidazole rings is 1. The molecule has 0 bridgehead atoms. The van der Waals surface area contributed by atoms with Gasteiger partial charge in [-0.15, -0.1) is 0 Å². The number of anilines is 1. The summed E-state index contributed by atoms with van der Waals surface area (Å²) < 4.78 is 13.0. The number of rotatable bonds is 6. The molecule has 0 unspecified atom stereocenters. The Morgan fingerprint density at radius 1 is 1.15 bits per heavy atom. The van der Waals surface area contributed by atoms with Gasteiger partial charge in [-0.3, -0.25) is 4.79 Å². The minimum Gasteiger partial charge on any atom is -0.496 e. The fourth-order valence-electron chi connectivity index (χ4n) is 2.92. The van der Waals surface area contributed by atoms with Gasteiger partial charge in [0.1, 0.15) is 23.9 Å². The van der Waals surface area contributed by atoms with Crippen LogP contribution in [0.1, 0.15) is 27.3 Å². The van der Waals surface area contributed by atoms with E-state index in [0.717, 1.165) is 22.7 Å². The van der Waals surface area contributed by atoms with E-state index in [1.54, 1.807) is 13.3 Å². The van der Waals surface area contributed by atoms with Gasteiger partial charge in [0.2, 0.25) is 0 Å². The topological polar surface area (TPSA) is 65.4 Å². The Kier molecular flexibility index (Phi) is 5.45. The lowest BCUT2D eigenvalue weighted by atomic mass is 10.0. The smallest absolute Gasteiger partial charge is 0.255 e. The number of nitrogens with zero attached hydrogens (tertiary/aromatic N) is 2. The zero-order valence-corrected chi connectivity index (χ0v) is 15.9. The Bertz CT molecular complexity index is 923. The van der Waals surface area contributed by atoms with Gasteiger partial charge in [0.15, 0.2) is 0 Å². The molecule has 1 N–H and O–H groups in total. The highest BCUT2D eigenvalue weighted by molar-refractivity contribution is 6.04. The van der Waals surface area contributed by atoms with Crippen LogP contribution >= 0.6 is 0 Å². The Balaban J connectivity index is 1.64. The second-order valence-electron chi connectivity index (χ2n) is 6.36. The number of ether oxygens (including phenoxy) is 2. The van der Waals surface area contributed by atoms with Crippen molar-refractivity contribution in [1.29, 1.82) is 0 Å². The largest absolute Gasteiger partial charge is 0.496 e. The summed E-state index contributed by atoms with van der Waals surface area (Å²) in [7, 11) is 3.56. The van der Waals surface area contributed by atoms with Crippen LogP contribution in [0.5, 0.6) is 11.5 Å². The van der Waals surface area contributed by atoms with E-state index in [0.29, 0.717) is 23.6 Å². The van der Waals surface area contributed by atoms with Gasteiger partial charge < -0.3 is 19.4 Å². The number of hydrogen-bond donors (Lipinski definition) is 1.